The molecule has 0 aromatic carbocycles. The highest BCUT2D eigenvalue weighted by atomic mass is 16.2. The lowest BCUT2D eigenvalue weighted by molar-refractivity contribution is -0.121. The Morgan fingerprint density at radius 2 is 2.00 bits per heavy atom. The maximum atomic E-state index is 10.9. The van der Waals surface area contributed by atoms with E-state index in [1.807, 2.05) is 0 Å². The van der Waals surface area contributed by atoms with E-state index in [0.717, 1.165) is 31.2 Å². The zero-order chi connectivity index (χ0) is 12.7. The summed E-state index contributed by atoms with van der Waals surface area (Å²) in [6.07, 6.45) is 5.26. The maximum Gasteiger partial charge on any atom is 0.233 e. The number of hydrazine groups is 1. The molecule has 0 spiro atoms. The average Bonchev–Trinajstić information content (AvgIpc) is 2.34. The Balaban J connectivity index is 2.04. The molecular weight excluding hydrogens is 214 g/mol. The highest BCUT2D eigenvalue weighted by molar-refractivity contribution is 5.75. The molecule has 0 aromatic rings. The van der Waals surface area contributed by atoms with Gasteiger partial charge in [0.25, 0.3) is 0 Å². The first-order chi connectivity index (χ1) is 8.13. The number of nitrogens with one attached hydrogen (secondary N) is 1. The van der Waals surface area contributed by atoms with E-state index in [1.165, 1.54) is 25.9 Å². The number of carbonyl (C=O) groups is 1. The van der Waals surface area contributed by atoms with Gasteiger partial charge in [0, 0.05) is 6.42 Å². The number of nitrogens with zero attached hydrogens (tertiary/aromatic N) is 1. The number of hydrogen-bond acceptors (Lipinski definition) is 3. The number of carbonyl (C=O) groups excluding carboxylic acids is 1. The largest absolute Gasteiger partial charge is 0.303 e. The topological polar surface area (TPSA) is 58.4 Å². The smallest absolute Gasteiger partial charge is 0.233 e. The minimum atomic E-state index is -0.0523. The molecule has 1 fully saturated rings. The number of nitrogens with two attached hydrogens (primary N) is 1. The molecule has 100 valence electrons. The van der Waals surface area contributed by atoms with Gasteiger partial charge in [0.2, 0.25) is 5.91 Å². The van der Waals surface area contributed by atoms with Crippen molar-refractivity contribution in [2.75, 3.05) is 19.6 Å². The first kappa shape index (κ1) is 14.5. The fourth-order valence-electron chi connectivity index (χ4n) is 2.54. The second-order valence-electron chi connectivity index (χ2n) is 5.45. The molecule has 3 N–H and O–H groups in total. The van der Waals surface area contributed by atoms with Crippen LogP contribution in [0.1, 0.15) is 46.0 Å². The van der Waals surface area contributed by atoms with Gasteiger partial charge in [-0.25, -0.2) is 5.84 Å². The van der Waals surface area contributed by atoms with Crippen molar-refractivity contribution in [3.8, 4) is 0 Å². The lowest BCUT2D eigenvalue weighted by atomic mass is 9.87. The third kappa shape index (κ3) is 5.50. The van der Waals surface area contributed by atoms with Gasteiger partial charge in [-0.3, -0.25) is 10.2 Å². The molecule has 17 heavy (non-hydrogen) atoms. The number of amides is 1. The van der Waals surface area contributed by atoms with Gasteiger partial charge in [-0.1, -0.05) is 13.8 Å². The minimum absolute atomic E-state index is 0.0523. The summed E-state index contributed by atoms with van der Waals surface area (Å²) in [6, 6.07) is 0. The Labute approximate surface area is 105 Å². The third-order valence-electron chi connectivity index (χ3n) is 3.86. The maximum absolute atomic E-state index is 10.9. The molecule has 0 aromatic heterocycles. The lowest BCUT2D eigenvalue weighted by Crippen LogP contribution is -2.36. The standard InChI is InChI=1S/C13H27N3O/c1-11(2)12-6-9-16(10-7-12)8-4-3-5-13(17)15-14/h11-12H,3-10,14H2,1-2H3,(H,15,17). The number of unbranched alkanes of at least 4 members (excludes halogenated alkanes) is 1. The summed E-state index contributed by atoms with van der Waals surface area (Å²) in [6.45, 7) is 8.23. The molecule has 1 amide bonds. The first-order valence-electron chi connectivity index (χ1n) is 6.85. The Morgan fingerprint density at radius 3 is 2.53 bits per heavy atom. The fraction of sp³-hybridized carbons (Fsp3) is 0.923. The van der Waals surface area contributed by atoms with Crippen molar-refractivity contribution in [1.82, 2.24) is 10.3 Å². The van der Waals surface area contributed by atoms with E-state index < -0.39 is 0 Å². The summed E-state index contributed by atoms with van der Waals surface area (Å²) < 4.78 is 0. The fourth-order valence-corrected chi connectivity index (χ4v) is 2.54. The summed E-state index contributed by atoms with van der Waals surface area (Å²) in [5, 5.41) is 0. The Hall–Kier alpha value is -0.610. The Bertz CT molecular complexity index is 223. The number of piperidine rings is 1. The molecule has 4 heteroatoms. The van der Waals surface area contributed by atoms with Crippen LogP contribution in [0.15, 0.2) is 0 Å². The second kappa shape index (κ2) is 7.67. The summed E-state index contributed by atoms with van der Waals surface area (Å²) in [4.78, 5) is 13.5. The van der Waals surface area contributed by atoms with E-state index in [-0.39, 0.29) is 5.91 Å². The van der Waals surface area contributed by atoms with Crippen LogP contribution in [0, 0.1) is 11.8 Å². The normalized spacial score (nSPS) is 18.6. The first-order valence-corrected chi connectivity index (χ1v) is 6.85. The molecule has 1 rings (SSSR count). The van der Waals surface area contributed by atoms with Crippen LogP contribution < -0.4 is 11.3 Å². The van der Waals surface area contributed by atoms with E-state index >= 15 is 0 Å². The molecule has 1 aliphatic rings. The molecule has 4 nitrogen and oxygen atoms in total. The SMILES string of the molecule is CC(C)C1CCN(CCCCC(=O)NN)CC1. The molecule has 1 saturated heterocycles. The number of hydrogen-bond donors (Lipinski definition) is 2. The Kier molecular flexibility index (Phi) is 6.52. The third-order valence-corrected chi connectivity index (χ3v) is 3.86. The van der Waals surface area contributed by atoms with E-state index in [4.69, 9.17) is 5.84 Å². The van der Waals surface area contributed by atoms with Crippen LogP contribution in [-0.4, -0.2) is 30.4 Å². The van der Waals surface area contributed by atoms with Gasteiger partial charge in [0.15, 0.2) is 0 Å². The Morgan fingerprint density at radius 1 is 1.35 bits per heavy atom. The van der Waals surface area contributed by atoms with Crippen molar-refractivity contribution in [1.29, 1.82) is 0 Å². The van der Waals surface area contributed by atoms with Crippen LogP contribution in [0.2, 0.25) is 0 Å². The molecule has 0 aliphatic carbocycles. The van der Waals surface area contributed by atoms with Crippen LogP contribution in [-0.2, 0) is 4.79 Å². The lowest BCUT2D eigenvalue weighted by Gasteiger charge is -2.33. The highest BCUT2D eigenvalue weighted by Gasteiger charge is 2.20. The van der Waals surface area contributed by atoms with E-state index in [1.54, 1.807) is 0 Å². The van der Waals surface area contributed by atoms with Crippen molar-refractivity contribution in [2.45, 2.75) is 46.0 Å². The molecular formula is C13H27N3O. The van der Waals surface area contributed by atoms with Gasteiger partial charge in [-0.2, -0.15) is 0 Å². The van der Waals surface area contributed by atoms with Gasteiger partial charge in [0.1, 0.15) is 0 Å². The minimum Gasteiger partial charge on any atom is -0.303 e. The van der Waals surface area contributed by atoms with E-state index in [2.05, 4.69) is 24.2 Å². The number of likely N-dealkylation sites (tertiary alicyclic amines) is 1. The van der Waals surface area contributed by atoms with Gasteiger partial charge in [0.05, 0.1) is 0 Å². The van der Waals surface area contributed by atoms with Gasteiger partial charge < -0.3 is 4.90 Å². The molecule has 0 atom stereocenters. The average molecular weight is 241 g/mol. The second-order valence-corrected chi connectivity index (χ2v) is 5.45. The van der Waals surface area contributed by atoms with Crippen LogP contribution in [0.5, 0.6) is 0 Å². The molecule has 1 heterocycles. The van der Waals surface area contributed by atoms with Gasteiger partial charge >= 0.3 is 0 Å². The van der Waals surface area contributed by atoms with Crippen molar-refractivity contribution in [2.24, 2.45) is 17.7 Å². The zero-order valence-electron chi connectivity index (χ0n) is 11.2. The van der Waals surface area contributed by atoms with Crippen LogP contribution in [0.3, 0.4) is 0 Å². The predicted octanol–water partition coefficient (Wildman–Crippen LogP) is 1.51. The number of rotatable bonds is 6. The van der Waals surface area contributed by atoms with Crippen LogP contribution >= 0.6 is 0 Å². The highest BCUT2D eigenvalue weighted by Crippen LogP contribution is 2.24. The van der Waals surface area contributed by atoms with E-state index in [0.29, 0.717) is 6.42 Å². The molecule has 0 bridgehead atoms. The predicted molar refractivity (Wildman–Crippen MR) is 70.2 cm³/mol. The van der Waals surface area contributed by atoms with E-state index in [9.17, 15) is 4.79 Å². The summed E-state index contributed by atoms with van der Waals surface area (Å²) in [7, 11) is 0. The molecule has 0 saturated carbocycles. The van der Waals surface area contributed by atoms with Gasteiger partial charge in [-0.05, 0) is 57.2 Å². The van der Waals surface area contributed by atoms with Crippen LogP contribution in [0.4, 0.5) is 0 Å². The molecule has 0 unspecified atom stereocenters. The summed E-state index contributed by atoms with van der Waals surface area (Å²) in [5.41, 5.74) is 2.17. The van der Waals surface area contributed by atoms with Crippen molar-refractivity contribution in [3.63, 3.8) is 0 Å². The van der Waals surface area contributed by atoms with Crippen molar-refractivity contribution >= 4 is 5.91 Å². The van der Waals surface area contributed by atoms with Gasteiger partial charge in [-0.15, -0.1) is 0 Å². The monoisotopic (exact) mass is 241 g/mol. The zero-order valence-corrected chi connectivity index (χ0v) is 11.2. The van der Waals surface area contributed by atoms with Crippen LogP contribution in [0.25, 0.3) is 0 Å². The summed E-state index contributed by atoms with van der Waals surface area (Å²) >= 11 is 0. The van der Waals surface area contributed by atoms with Crippen molar-refractivity contribution in [3.05, 3.63) is 0 Å². The van der Waals surface area contributed by atoms with Crippen molar-refractivity contribution < 1.29 is 4.79 Å². The quantitative estimate of drug-likeness (QED) is 0.321. The molecule has 0 radical (unpaired) electrons. The molecule has 1 aliphatic heterocycles. The summed E-state index contributed by atoms with van der Waals surface area (Å²) in [5.74, 6) is 6.71.